The van der Waals surface area contributed by atoms with Crippen LogP contribution in [0.1, 0.15) is 11.4 Å². The number of hydrogen-bond donors (Lipinski definition) is 3. The van der Waals surface area contributed by atoms with Gasteiger partial charge in [0.15, 0.2) is 0 Å². The number of nitrogens with zero attached hydrogens (tertiary/aromatic N) is 4. The molecule has 0 aliphatic carbocycles. The van der Waals surface area contributed by atoms with Gasteiger partial charge in [-0.25, -0.2) is 8.42 Å². The molecular formula is C17H15N7O2S. The summed E-state index contributed by atoms with van der Waals surface area (Å²) in [4.78, 5) is 0.0829. The number of aromatic nitrogens is 4. The van der Waals surface area contributed by atoms with Crippen molar-refractivity contribution in [3.8, 4) is 6.07 Å². The number of allylic oxidation sites excluding steroid dienone is 1. The SMILES string of the molecule is Cc1ccc(NS(=O)(=O)c2cccc(NC=C(C#N)c3nn[nH]n3)c2)cc1. The van der Waals surface area contributed by atoms with Gasteiger partial charge in [0.05, 0.1) is 4.90 Å². The third-order valence-electron chi connectivity index (χ3n) is 3.54. The monoisotopic (exact) mass is 381 g/mol. The van der Waals surface area contributed by atoms with Gasteiger partial charge in [-0.2, -0.15) is 10.5 Å². The molecule has 0 fully saturated rings. The van der Waals surface area contributed by atoms with E-state index in [9.17, 15) is 8.42 Å². The number of aromatic amines is 1. The van der Waals surface area contributed by atoms with Crippen molar-refractivity contribution >= 4 is 27.0 Å². The largest absolute Gasteiger partial charge is 0.360 e. The lowest BCUT2D eigenvalue weighted by atomic mass is 10.2. The Balaban J connectivity index is 1.80. The summed E-state index contributed by atoms with van der Waals surface area (Å²) in [6, 6.07) is 15.2. The molecule has 0 amide bonds. The minimum Gasteiger partial charge on any atom is -0.360 e. The van der Waals surface area contributed by atoms with Crippen molar-refractivity contribution in [3.05, 3.63) is 66.1 Å². The minimum atomic E-state index is -3.75. The van der Waals surface area contributed by atoms with Crippen molar-refractivity contribution in [2.75, 3.05) is 10.0 Å². The average Bonchev–Trinajstić information content (AvgIpc) is 3.19. The Morgan fingerprint density at radius 1 is 1.19 bits per heavy atom. The molecule has 136 valence electrons. The van der Waals surface area contributed by atoms with Crippen LogP contribution in [0.5, 0.6) is 0 Å². The zero-order valence-corrected chi connectivity index (χ0v) is 15.0. The highest BCUT2D eigenvalue weighted by Crippen LogP contribution is 2.20. The number of benzene rings is 2. The Labute approximate surface area is 155 Å². The Morgan fingerprint density at radius 2 is 1.96 bits per heavy atom. The van der Waals surface area contributed by atoms with Crippen LogP contribution in [0.4, 0.5) is 11.4 Å². The van der Waals surface area contributed by atoms with Gasteiger partial charge in [-0.3, -0.25) is 4.72 Å². The van der Waals surface area contributed by atoms with Gasteiger partial charge in [0.1, 0.15) is 11.6 Å². The van der Waals surface area contributed by atoms with Crippen molar-refractivity contribution in [3.63, 3.8) is 0 Å². The third-order valence-corrected chi connectivity index (χ3v) is 4.92. The molecule has 0 aliphatic rings. The Kier molecular flexibility index (Phi) is 5.14. The number of hydrogen-bond acceptors (Lipinski definition) is 7. The number of nitriles is 1. The van der Waals surface area contributed by atoms with Gasteiger partial charge in [-0.15, -0.1) is 10.2 Å². The maximum Gasteiger partial charge on any atom is 0.261 e. The highest BCUT2D eigenvalue weighted by atomic mass is 32.2. The Bertz CT molecular complexity index is 1100. The first-order valence-electron chi connectivity index (χ1n) is 7.78. The molecule has 1 aromatic heterocycles. The molecule has 9 nitrogen and oxygen atoms in total. The van der Waals surface area contributed by atoms with E-state index < -0.39 is 10.0 Å². The predicted octanol–water partition coefficient (Wildman–Crippen LogP) is 2.29. The molecule has 0 bridgehead atoms. The molecule has 3 N–H and O–H groups in total. The lowest BCUT2D eigenvalue weighted by Crippen LogP contribution is -2.13. The molecule has 0 radical (unpaired) electrons. The second kappa shape index (κ2) is 7.67. The van der Waals surface area contributed by atoms with Crippen molar-refractivity contribution in [1.82, 2.24) is 20.6 Å². The van der Waals surface area contributed by atoms with Crippen LogP contribution in [-0.2, 0) is 10.0 Å². The van der Waals surface area contributed by atoms with E-state index in [-0.39, 0.29) is 16.3 Å². The number of tetrazole rings is 1. The van der Waals surface area contributed by atoms with Crippen LogP contribution in [0.3, 0.4) is 0 Å². The normalized spacial score (nSPS) is 11.6. The van der Waals surface area contributed by atoms with Gasteiger partial charge in [-0.1, -0.05) is 23.8 Å². The molecule has 3 aromatic rings. The number of rotatable bonds is 6. The van der Waals surface area contributed by atoms with Crippen LogP contribution in [0, 0.1) is 18.3 Å². The highest BCUT2D eigenvalue weighted by molar-refractivity contribution is 7.92. The highest BCUT2D eigenvalue weighted by Gasteiger charge is 2.14. The molecule has 3 rings (SSSR count). The molecule has 0 aliphatic heterocycles. The zero-order chi connectivity index (χ0) is 19.3. The average molecular weight is 381 g/mol. The first-order valence-corrected chi connectivity index (χ1v) is 9.26. The number of H-pyrrole nitrogens is 1. The molecule has 1 heterocycles. The van der Waals surface area contributed by atoms with Crippen LogP contribution in [0.25, 0.3) is 5.57 Å². The standard InChI is InChI=1S/C17H15N7O2S/c1-12-5-7-14(8-6-12)22-27(25,26)16-4-2-3-15(9-16)19-11-13(10-18)17-20-23-24-21-17/h2-9,11,19,22H,1H3,(H,20,21,23,24). The van der Waals surface area contributed by atoms with Crippen LogP contribution in [-0.4, -0.2) is 29.0 Å². The summed E-state index contributed by atoms with van der Waals surface area (Å²) in [5.41, 5.74) is 2.14. The molecule has 2 aromatic carbocycles. The summed E-state index contributed by atoms with van der Waals surface area (Å²) in [5.74, 6) is 0.134. The fraction of sp³-hybridized carbons (Fsp3) is 0.0588. The fourth-order valence-electron chi connectivity index (χ4n) is 2.17. The van der Waals surface area contributed by atoms with Gasteiger partial charge in [0.2, 0.25) is 5.82 Å². The topological polar surface area (TPSA) is 136 Å². The van der Waals surface area contributed by atoms with Crippen LogP contribution in [0.2, 0.25) is 0 Å². The molecular weight excluding hydrogens is 366 g/mol. The number of anilines is 2. The number of nitrogens with one attached hydrogen (secondary N) is 3. The predicted molar refractivity (Wildman–Crippen MR) is 99.8 cm³/mol. The van der Waals surface area contributed by atoms with E-state index in [0.717, 1.165) is 5.56 Å². The quantitative estimate of drug-likeness (QED) is 0.557. The van der Waals surface area contributed by atoms with Crippen LogP contribution >= 0.6 is 0 Å². The fourth-order valence-corrected chi connectivity index (χ4v) is 3.27. The lowest BCUT2D eigenvalue weighted by molar-refractivity contribution is 0.601. The molecule has 0 saturated carbocycles. The smallest absolute Gasteiger partial charge is 0.261 e. The van der Waals surface area contributed by atoms with Crippen LogP contribution < -0.4 is 10.0 Å². The maximum atomic E-state index is 12.6. The lowest BCUT2D eigenvalue weighted by Gasteiger charge is -2.10. The molecule has 10 heteroatoms. The van der Waals surface area contributed by atoms with E-state index in [4.69, 9.17) is 5.26 Å². The second-order valence-electron chi connectivity index (χ2n) is 5.55. The van der Waals surface area contributed by atoms with Crippen LogP contribution in [0.15, 0.2) is 59.6 Å². The summed E-state index contributed by atoms with van der Waals surface area (Å²) in [6.45, 7) is 1.92. The maximum absolute atomic E-state index is 12.6. The van der Waals surface area contributed by atoms with Gasteiger partial charge in [-0.05, 0) is 42.5 Å². The van der Waals surface area contributed by atoms with Crippen molar-refractivity contribution < 1.29 is 8.42 Å². The summed E-state index contributed by atoms with van der Waals surface area (Å²) in [5, 5.41) is 25.1. The molecule has 27 heavy (non-hydrogen) atoms. The summed E-state index contributed by atoms with van der Waals surface area (Å²) in [7, 11) is -3.75. The summed E-state index contributed by atoms with van der Waals surface area (Å²) >= 11 is 0. The van der Waals surface area contributed by atoms with Gasteiger partial charge < -0.3 is 5.32 Å². The van der Waals surface area contributed by atoms with Gasteiger partial charge in [0, 0.05) is 17.6 Å². The van der Waals surface area contributed by atoms with E-state index in [1.54, 1.807) is 24.3 Å². The van der Waals surface area contributed by atoms with E-state index in [2.05, 4.69) is 30.7 Å². The van der Waals surface area contributed by atoms with Gasteiger partial charge >= 0.3 is 0 Å². The van der Waals surface area contributed by atoms with E-state index in [0.29, 0.717) is 11.4 Å². The molecule has 0 unspecified atom stereocenters. The zero-order valence-electron chi connectivity index (χ0n) is 14.2. The van der Waals surface area contributed by atoms with E-state index >= 15 is 0 Å². The molecule has 0 saturated heterocycles. The minimum absolute atomic E-state index is 0.0829. The Hall–Kier alpha value is -3.71. The summed E-state index contributed by atoms with van der Waals surface area (Å²) < 4.78 is 27.7. The molecule has 0 atom stereocenters. The van der Waals surface area contributed by atoms with E-state index in [1.807, 2.05) is 25.1 Å². The Morgan fingerprint density at radius 3 is 2.63 bits per heavy atom. The van der Waals surface area contributed by atoms with Gasteiger partial charge in [0.25, 0.3) is 10.0 Å². The molecule has 0 spiro atoms. The van der Waals surface area contributed by atoms with Crippen molar-refractivity contribution in [1.29, 1.82) is 5.26 Å². The van der Waals surface area contributed by atoms with E-state index in [1.165, 1.54) is 18.3 Å². The first kappa shape index (κ1) is 18.1. The second-order valence-corrected chi connectivity index (χ2v) is 7.23. The number of sulfonamides is 1. The summed E-state index contributed by atoms with van der Waals surface area (Å²) in [6.07, 6.45) is 1.38. The van der Waals surface area contributed by atoms with Crippen molar-refractivity contribution in [2.24, 2.45) is 0 Å². The number of aryl methyl sites for hydroxylation is 1. The third kappa shape index (κ3) is 4.47. The van der Waals surface area contributed by atoms with Crippen molar-refractivity contribution in [2.45, 2.75) is 11.8 Å². The first-order chi connectivity index (χ1) is 13.0.